The quantitative estimate of drug-likeness (QED) is 0.791. The molecule has 0 spiro atoms. The van der Waals surface area contributed by atoms with Gasteiger partial charge in [-0.25, -0.2) is 9.97 Å². The zero-order valence-corrected chi connectivity index (χ0v) is 11.4. The molecule has 1 atom stereocenters. The molecule has 3 nitrogen and oxygen atoms in total. The number of halogens is 2. The van der Waals surface area contributed by atoms with Crippen molar-refractivity contribution < 1.29 is 4.74 Å². The summed E-state index contributed by atoms with van der Waals surface area (Å²) < 4.78 is 5.33. The van der Waals surface area contributed by atoms with E-state index in [2.05, 4.69) is 16.9 Å². The summed E-state index contributed by atoms with van der Waals surface area (Å²) in [7, 11) is 0. The van der Waals surface area contributed by atoms with Crippen molar-refractivity contribution in [2.24, 2.45) is 5.92 Å². The van der Waals surface area contributed by atoms with Crippen molar-refractivity contribution in [3.8, 4) is 0 Å². The van der Waals surface area contributed by atoms with E-state index in [0.29, 0.717) is 16.2 Å². The Labute approximate surface area is 112 Å². The van der Waals surface area contributed by atoms with Crippen LogP contribution in [0.25, 0.3) is 0 Å². The minimum absolute atomic E-state index is 0.499. The molecule has 0 aliphatic carbocycles. The highest BCUT2D eigenvalue weighted by Crippen LogP contribution is 2.24. The van der Waals surface area contributed by atoms with Gasteiger partial charge in [-0.2, -0.15) is 0 Å². The van der Waals surface area contributed by atoms with Crippen molar-refractivity contribution in [1.29, 1.82) is 0 Å². The molecule has 1 aromatic heterocycles. The zero-order valence-electron chi connectivity index (χ0n) is 9.88. The molecule has 1 aliphatic rings. The molecule has 5 heteroatoms. The minimum atomic E-state index is 0.499. The van der Waals surface area contributed by atoms with Crippen LogP contribution in [0.5, 0.6) is 0 Å². The van der Waals surface area contributed by atoms with Gasteiger partial charge in [-0.15, -0.1) is 0 Å². The van der Waals surface area contributed by atoms with Crippen molar-refractivity contribution >= 4 is 23.2 Å². The first-order valence-corrected chi connectivity index (χ1v) is 6.74. The molecular weight excluding hydrogens is 259 g/mol. The number of nitrogens with zero attached hydrogens (tertiary/aromatic N) is 2. The maximum absolute atomic E-state index is 6.13. The SMILES string of the molecule is CCCc1c(Cl)nc(CC2CCOC2)nc1Cl. The number of aromatic nitrogens is 2. The summed E-state index contributed by atoms with van der Waals surface area (Å²) in [4.78, 5) is 8.66. The average Bonchev–Trinajstić information content (AvgIpc) is 2.76. The largest absolute Gasteiger partial charge is 0.381 e. The first-order chi connectivity index (χ1) is 8.20. The van der Waals surface area contributed by atoms with Gasteiger partial charge in [-0.1, -0.05) is 36.5 Å². The van der Waals surface area contributed by atoms with Crippen LogP contribution in [0.2, 0.25) is 10.3 Å². The summed E-state index contributed by atoms with van der Waals surface area (Å²) >= 11 is 12.3. The van der Waals surface area contributed by atoms with Gasteiger partial charge in [0.1, 0.15) is 16.1 Å². The van der Waals surface area contributed by atoms with E-state index in [1.165, 1.54) is 0 Å². The van der Waals surface area contributed by atoms with Crippen LogP contribution in [-0.4, -0.2) is 23.2 Å². The Balaban J connectivity index is 2.13. The second-order valence-corrected chi connectivity index (χ2v) is 5.10. The third-order valence-electron chi connectivity index (χ3n) is 2.95. The summed E-state index contributed by atoms with van der Waals surface area (Å²) in [5.74, 6) is 1.23. The highest BCUT2D eigenvalue weighted by Gasteiger charge is 2.19. The van der Waals surface area contributed by atoms with E-state index >= 15 is 0 Å². The van der Waals surface area contributed by atoms with Crippen LogP contribution in [0.1, 0.15) is 31.2 Å². The third-order valence-corrected chi connectivity index (χ3v) is 3.57. The first kappa shape index (κ1) is 13.1. The molecule has 1 aromatic rings. The number of hydrogen-bond donors (Lipinski definition) is 0. The van der Waals surface area contributed by atoms with Crippen molar-refractivity contribution in [1.82, 2.24) is 9.97 Å². The molecule has 1 fully saturated rings. The predicted molar refractivity (Wildman–Crippen MR) is 68.7 cm³/mol. The fourth-order valence-corrected chi connectivity index (χ4v) is 2.63. The molecule has 17 heavy (non-hydrogen) atoms. The second kappa shape index (κ2) is 5.98. The third kappa shape index (κ3) is 3.30. The van der Waals surface area contributed by atoms with E-state index < -0.39 is 0 Å². The van der Waals surface area contributed by atoms with E-state index in [4.69, 9.17) is 27.9 Å². The molecule has 0 aromatic carbocycles. The molecule has 94 valence electrons. The average molecular weight is 275 g/mol. The molecule has 0 bridgehead atoms. The van der Waals surface area contributed by atoms with Gasteiger partial charge < -0.3 is 4.74 Å². The summed E-state index contributed by atoms with van der Waals surface area (Å²) in [6.45, 7) is 3.70. The van der Waals surface area contributed by atoms with Crippen LogP contribution >= 0.6 is 23.2 Å². The summed E-state index contributed by atoms with van der Waals surface area (Å²) in [6, 6.07) is 0. The molecule has 1 aliphatic heterocycles. The lowest BCUT2D eigenvalue weighted by Crippen LogP contribution is -2.09. The van der Waals surface area contributed by atoms with Crippen molar-refractivity contribution in [3.63, 3.8) is 0 Å². The Kier molecular flexibility index (Phi) is 4.60. The van der Waals surface area contributed by atoms with Gasteiger partial charge in [0.25, 0.3) is 0 Å². The normalized spacial score (nSPS) is 19.8. The smallest absolute Gasteiger partial charge is 0.137 e. The van der Waals surface area contributed by atoms with Crippen molar-refractivity contribution in [3.05, 3.63) is 21.7 Å². The lowest BCUT2D eigenvalue weighted by Gasteiger charge is -2.09. The van der Waals surface area contributed by atoms with Crippen LogP contribution in [-0.2, 0) is 17.6 Å². The van der Waals surface area contributed by atoms with E-state index in [1.807, 2.05) is 0 Å². The minimum Gasteiger partial charge on any atom is -0.381 e. The maximum Gasteiger partial charge on any atom is 0.137 e. The Morgan fingerprint density at radius 1 is 1.29 bits per heavy atom. The van der Waals surface area contributed by atoms with E-state index in [1.54, 1.807) is 0 Å². The van der Waals surface area contributed by atoms with E-state index in [-0.39, 0.29) is 0 Å². The van der Waals surface area contributed by atoms with Crippen molar-refractivity contribution in [2.75, 3.05) is 13.2 Å². The number of ether oxygens (including phenoxy) is 1. The Morgan fingerprint density at radius 3 is 2.53 bits per heavy atom. The summed E-state index contributed by atoms with van der Waals surface area (Å²) in [5, 5.41) is 1.00. The van der Waals surface area contributed by atoms with Crippen LogP contribution in [0.4, 0.5) is 0 Å². The number of rotatable bonds is 4. The predicted octanol–water partition coefficient (Wildman–Crippen LogP) is 3.31. The van der Waals surface area contributed by atoms with Gasteiger partial charge in [-0.05, 0) is 18.8 Å². The second-order valence-electron chi connectivity index (χ2n) is 4.38. The molecule has 0 N–H and O–H groups in total. The van der Waals surface area contributed by atoms with Crippen LogP contribution in [0, 0.1) is 5.92 Å². The molecular formula is C12H16Cl2N2O. The van der Waals surface area contributed by atoms with Gasteiger partial charge in [0, 0.05) is 25.2 Å². The van der Waals surface area contributed by atoms with Gasteiger partial charge >= 0.3 is 0 Å². The Hall–Kier alpha value is -0.380. The highest BCUT2D eigenvalue weighted by molar-refractivity contribution is 6.34. The number of hydrogen-bond acceptors (Lipinski definition) is 3. The van der Waals surface area contributed by atoms with Crippen molar-refractivity contribution in [2.45, 2.75) is 32.6 Å². The highest BCUT2D eigenvalue weighted by atomic mass is 35.5. The van der Waals surface area contributed by atoms with Gasteiger partial charge in [0.2, 0.25) is 0 Å². The lowest BCUT2D eigenvalue weighted by molar-refractivity contribution is 0.185. The van der Waals surface area contributed by atoms with Gasteiger partial charge in [0.15, 0.2) is 0 Å². The fraction of sp³-hybridized carbons (Fsp3) is 0.667. The molecule has 1 saturated heterocycles. The zero-order chi connectivity index (χ0) is 12.3. The topological polar surface area (TPSA) is 35.0 Å². The van der Waals surface area contributed by atoms with E-state index in [0.717, 1.165) is 50.3 Å². The molecule has 0 amide bonds. The van der Waals surface area contributed by atoms with Crippen LogP contribution in [0.15, 0.2) is 0 Å². The summed E-state index contributed by atoms with van der Waals surface area (Å²) in [6.07, 6.45) is 3.67. The van der Waals surface area contributed by atoms with Crippen LogP contribution in [0.3, 0.4) is 0 Å². The van der Waals surface area contributed by atoms with E-state index in [9.17, 15) is 0 Å². The molecule has 0 saturated carbocycles. The maximum atomic E-state index is 6.13. The van der Waals surface area contributed by atoms with Crippen LogP contribution < -0.4 is 0 Å². The summed E-state index contributed by atoms with van der Waals surface area (Å²) in [5.41, 5.74) is 0.863. The molecule has 1 unspecified atom stereocenters. The Bertz CT molecular complexity index is 369. The lowest BCUT2D eigenvalue weighted by atomic mass is 10.0. The standard InChI is InChI=1S/C12H16Cl2N2O/c1-2-3-9-11(13)15-10(16-12(9)14)6-8-4-5-17-7-8/h8H,2-7H2,1H3. The Morgan fingerprint density at radius 2 is 2.00 bits per heavy atom. The molecule has 2 rings (SSSR count). The first-order valence-electron chi connectivity index (χ1n) is 5.99. The monoisotopic (exact) mass is 274 g/mol. The molecule has 2 heterocycles. The van der Waals surface area contributed by atoms with Gasteiger partial charge in [-0.3, -0.25) is 0 Å². The van der Waals surface area contributed by atoms with Gasteiger partial charge in [0.05, 0.1) is 0 Å². The fourth-order valence-electron chi connectivity index (χ4n) is 2.02. The molecule has 0 radical (unpaired) electrons.